The molecule has 1 fully saturated rings. The molecular weight excluding hydrogens is 196 g/mol. The quantitative estimate of drug-likeness (QED) is 0.286. The Labute approximate surface area is 101 Å². The molecule has 1 saturated carbocycles. The lowest BCUT2D eigenvalue weighted by molar-refractivity contribution is 0.308. The summed E-state index contributed by atoms with van der Waals surface area (Å²) in [7, 11) is 0. The first-order valence-electron chi connectivity index (χ1n) is 6.94. The van der Waals surface area contributed by atoms with Gasteiger partial charge in [-0.1, -0.05) is 38.2 Å². The van der Waals surface area contributed by atoms with E-state index in [9.17, 15) is 0 Å². The molecule has 1 aliphatic carbocycles. The molecule has 1 atom stereocenters. The van der Waals surface area contributed by atoms with Crippen molar-refractivity contribution in [1.29, 1.82) is 0 Å². The Hall–Kier alpha value is -0.340. The van der Waals surface area contributed by atoms with Gasteiger partial charge in [0.05, 0.1) is 0 Å². The van der Waals surface area contributed by atoms with Gasteiger partial charge in [0.25, 0.3) is 0 Å². The smallest absolute Gasteiger partial charge is 0.0210 e. The third-order valence-electron chi connectivity index (χ3n) is 3.84. The van der Waals surface area contributed by atoms with Crippen LogP contribution in [0.5, 0.6) is 0 Å². The minimum atomic E-state index is 0.516. The largest absolute Gasteiger partial charge is 0.271 e. The van der Waals surface area contributed by atoms with Crippen LogP contribution in [0, 0.1) is 5.92 Å². The van der Waals surface area contributed by atoms with E-state index >= 15 is 0 Å². The molecule has 0 amide bonds. The normalized spacial score (nSPS) is 19.6. The summed E-state index contributed by atoms with van der Waals surface area (Å²) >= 11 is 0. The van der Waals surface area contributed by atoms with Gasteiger partial charge >= 0.3 is 0 Å². The minimum Gasteiger partial charge on any atom is -0.271 e. The van der Waals surface area contributed by atoms with Crippen LogP contribution in [-0.2, 0) is 0 Å². The molecule has 0 aromatic rings. The Morgan fingerprint density at radius 2 is 2.00 bits per heavy atom. The first kappa shape index (κ1) is 13.7. The van der Waals surface area contributed by atoms with Crippen molar-refractivity contribution in [1.82, 2.24) is 5.43 Å². The van der Waals surface area contributed by atoms with Gasteiger partial charge < -0.3 is 0 Å². The van der Waals surface area contributed by atoms with Gasteiger partial charge in [0.15, 0.2) is 0 Å². The van der Waals surface area contributed by atoms with Crippen molar-refractivity contribution in [2.45, 2.75) is 70.3 Å². The van der Waals surface area contributed by atoms with Crippen molar-refractivity contribution in [3.05, 3.63) is 12.7 Å². The summed E-state index contributed by atoms with van der Waals surface area (Å²) in [6, 6.07) is 0.516. The molecule has 0 saturated heterocycles. The lowest BCUT2D eigenvalue weighted by Crippen LogP contribution is -2.35. The Balaban J connectivity index is 2.09. The van der Waals surface area contributed by atoms with Crippen LogP contribution in [0.25, 0.3) is 0 Å². The Kier molecular flexibility index (Phi) is 7.52. The number of unbranched alkanes of at least 4 members (excludes halogenated alkanes) is 1. The van der Waals surface area contributed by atoms with Crippen molar-refractivity contribution >= 4 is 0 Å². The van der Waals surface area contributed by atoms with Crippen molar-refractivity contribution in [3.8, 4) is 0 Å². The van der Waals surface area contributed by atoms with Gasteiger partial charge in [-0.3, -0.25) is 11.3 Å². The molecule has 0 spiro atoms. The molecule has 0 bridgehead atoms. The van der Waals surface area contributed by atoms with E-state index in [0.29, 0.717) is 6.04 Å². The van der Waals surface area contributed by atoms with Crippen LogP contribution in [0.15, 0.2) is 12.7 Å². The highest BCUT2D eigenvalue weighted by Gasteiger charge is 2.15. The average Bonchev–Trinajstić information content (AvgIpc) is 2.35. The SMILES string of the molecule is C=CCCCC(CCC1CCCCC1)NN. The van der Waals surface area contributed by atoms with Crippen LogP contribution >= 0.6 is 0 Å². The summed E-state index contributed by atoms with van der Waals surface area (Å²) in [6.45, 7) is 3.75. The van der Waals surface area contributed by atoms with E-state index in [4.69, 9.17) is 5.84 Å². The molecular formula is C14H28N2. The second-order valence-corrected chi connectivity index (χ2v) is 5.16. The number of hydrazine groups is 1. The van der Waals surface area contributed by atoms with Crippen molar-refractivity contribution < 1.29 is 0 Å². The molecule has 0 aliphatic heterocycles. The van der Waals surface area contributed by atoms with Gasteiger partial charge in [0, 0.05) is 6.04 Å². The first-order valence-corrected chi connectivity index (χ1v) is 6.94. The van der Waals surface area contributed by atoms with Gasteiger partial charge in [0.2, 0.25) is 0 Å². The molecule has 0 aromatic heterocycles. The van der Waals surface area contributed by atoms with E-state index in [-0.39, 0.29) is 0 Å². The fraction of sp³-hybridized carbons (Fsp3) is 0.857. The predicted octanol–water partition coefficient (Wildman–Crippen LogP) is 3.54. The Morgan fingerprint density at radius 1 is 1.25 bits per heavy atom. The number of allylic oxidation sites excluding steroid dienone is 1. The molecule has 0 radical (unpaired) electrons. The summed E-state index contributed by atoms with van der Waals surface area (Å²) in [4.78, 5) is 0. The van der Waals surface area contributed by atoms with Crippen LogP contribution in [0.2, 0.25) is 0 Å². The van der Waals surface area contributed by atoms with Crippen LogP contribution in [0.1, 0.15) is 64.2 Å². The van der Waals surface area contributed by atoms with Gasteiger partial charge in [0.1, 0.15) is 0 Å². The minimum absolute atomic E-state index is 0.516. The summed E-state index contributed by atoms with van der Waals surface area (Å²) in [5, 5.41) is 0. The summed E-state index contributed by atoms with van der Waals surface area (Å²) < 4.78 is 0. The van der Waals surface area contributed by atoms with Crippen LogP contribution in [0.3, 0.4) is 0 Å². The number of nitrogens with two attached hydrogens (primary N) is 1. The van der Waals surface area contributed by atoms with E-state index in [1.807, 2.05) is 6.08 Å². The molecule has 0 aromatic carbocycles. The molecule has 1 unspecified atom stereocenters. The monoisotopic (exact) mass is 224 g/mol. The van der Waals surface area contributed by atoms with E-state index < -0.39 is 0 Å². The topological polar surface area (TPSA) is 38.0 Å². The fourth-order valence-electron chi connectivity index (χ4n) is 2.73. The van der Waals surface area contributed by atoms with Gasteiger partial charge in [-0.05, 0) is 38.0 Å². The molecule has 16 heavy (non-hydrogen) atoms. The predicted molar refractivity (Wildman–Crippen MR) is 71.0 cm³/mol. The highest BCUT2D eigenvalue weighted by Crippen LogP contribution is 2.28. The summed E-state index contributed by atoms with van der Waals surface area (Å²) in [6.07, 6.45) is 15.4. The fourth-order valence-corrected chi connectivity index (χ4v) is 2.73. The summed E-state index contributed by atoms with van der Waals surface area (Å²) in [5.41, 5.74) is 2.97. The van der Waals surface area contributed by atoms with Crippen molar-refractivity contribution in [2.24, 2.45) is 11.8 Å². The zero-order valence-corrected chi connectivity index (χ0v) is 10.6. The third-order valence-corrected chi connectivity index (χ3v) is 3.84. The van der Waals surface area contributed by atoms with E-state index in [1.165, 1.54) is 57.8 Å². The second-order valence-electron chi connectivity index (χ2n) is 5.16. The molecule has 2 nitrogen and oxygen atoms in total. The number of hydrogen-bond donors (Lipinski definition) is 2. The van der Waals surface area contributed by atoms with Crippen molar-refractivity contribution in [3.63, 3.8) is 0 Å². The molecule has 0 heterocycles. The van der Waals surface area contributed by atoms with Crippen LogP contribution in [-0.4, -0.2) is 6.04 Å². The lowest BCUT2D eigenvalue weighted by Gasteiger charge is -2.24. The average molecular weight is 224 g/mol. The highest BCUT2D eigenvalue weighted by molar-refractivity contribution is 4.73. The number of hydrogen-bond acceptors (Lipinski definition) is 2. The Bertz CT molecular complexity index is 174. The van der Waals surface area contributed by atoms with Crippen molar-refractivity contribution in [2.75, 3.05) is 0 Å². The van der Waals surface area contributed by atoms with Crippen LogP contribution in [0.4, 0.5) is 0 Å². The van der Waals surface area contributed by atoms with E-state index in [0.717, 1.165) is 12.3 Å². The lowest BCUT2D eigenvalue weighted by atomic mass is 9.85. The third kappa shape index (κ3) is 5.66. The zero-order valence-electron chi connectivity index (χ0n) is 10.6. The number of nitrogens with one attached hydrogen (secondary N) is 1. The molecule has 1 aliphatic rings. The maximum atomic E-state index is 5.59. The molecule has 1 rings (SSSR count). The van der Waals surface area contributed by atoms with Gasteiger partial charge in [-0.25, -0.2) is 0 Å². The Morgan fingerprint density at radius 3 is 2.62 bits per heavy atom. The second kappa shape index (κ2) is 8.77. The number of rotatable bonds is 8. The molecule has 3 N–H and O–H groups in total. The van der Waals surface area contributed by atoms with E-state index in [1.54, 1.807) is 0 Å². The van der Waals surface area contributed by atoms with E-state index in [2.05, 4.69) is 12.0 Å². The standard InChI is InChI=1S/C14H28N2/c1-2-3-5-10-14(16-15)12-11-13-8-6-4-7-9-13/h2,13-14,16H,1,3-12,15H2. The summed E-state index contributed by atoms with van der Waals surface area (Å²) in [5.74, 6) is 6.57. The van der Waals surface area contributed by atoms with Gasteiger partial charge in [-0.15, -0.1) is 6.58 Å². The zero-order chi connectivity index (χ0) is 11.6. The first-order chi connectivity index (χ1) is 7.86. The van der Waals surface area contributed by atoms with Gasteiger partial charge in [-0.2, -0.15) is 0 Å². The maximum absolute atomic E-state index is 5.59. The molecule has 2 heteroatoms. The highest BCUT2D eigenvalue weighted by atomic mass is 15.2. The molecule has 94 valence electrons. The van der Waals surface area contributed by atoms with Crippen LogP contribution < -0.4 is 11.3 Å². The maximum Gasteiger partial charge on any atom is 0.0210 e.